The van der Waals surface area contributed by atoms with Crippen LogP contribution in [0.4, 0.5) is 0 Å². The van der Waals surface area contributed by atoms with Gasteiger partial charge in [0, 0.05) is 16.5 Å². The highest BCUT2D eigenvalue weighted by Gasteiger charge is 2.06. The first-order valence-electron chi connectivity index (χ1n) is 4.67. The number of rotatable bonds is 4. The van der Waals surface area contributed by atoms with Gasteiger partial charge >= 0.3 is 0 Å². The van der Waals surface area contributed by atoms with E-state index in [0.717, 1.165) is 20.8 Å². The summed E-state index contributed by atoms with van der Waals surface area (Å²) < 4.78 is 4.92. The van der Waals surface area contributed by atoms with Crippen LogP contribution in [0.5, 0.6) is 0 Å². The Hall–Kier alpha value is -0.620. The highest BCUT2D eigenvalue weighted by Crippen LogP contribution is 2.32. The van der Waals surface area contributed by atoms with Gasteiger partial charge < -0.3 is 5.32 Å². The first kappa shape index (κ1) is 11.9. The van der Waals surface area contributed by atoms with Gasteiger partial charge in [-0.1, -0.05) is 23.4 Å². The Balaban J connectivity index is 2.25. The third-order valence-corrected chi connectivity index (χ3v) is 4.00. The van der Waals surface area contributed by atoms with Crippen molar-refractivity contribution in [2.45, 2.75) is 15.8 Å². The number of hydrogen-bond donors (Lipinski definition) is 1. The molecular formula is C10H10ClN3S2. The van der Waals surface area contributed by atoms with Crippen molar-refractivity contribution in [1.82, 2.24) is 14.7 Å². The summed E-state index contributed by atoms with van der Waals surface area (Å²) in [5, 5.41) is 3.88. The third kappa shape index (κ3) is 2.95. The summed E-state index contributed by atoms with van der Waals surface area (Å²) in [5.74, 6) is 0. The first-order valence-corrected chi connectivity index (χ1v) is 6.64. The van der Waals surface area contributed by atoms with Crippen molar-refractivity contribution < 1.29 is 0 Å². The molecule has 0 radical (unpaired) electrons. The van der Waals surface area contributed by atoms with E-state index in [4.69, 9.17) is 11.6 Å². The quantitative estimate of drug-likeness (QED) is 0.928. The van der Waals surface area contributed by atoms with Gasteiger partial charge in [-0.2, -0.15) is 4.37 Å². The Kier molecular flexibility index (Phi) is 4.17. The van der Waals surface area contributed by atoms with Gasteiger partial charge in [-0.15, -0.1) is 0 Å². The molecule has 6 heteroatoms. The van der Waals surface area contributed by atoms with E-state index < -0.39 is 0 Å². The minimum atomic E-state index is 0.756. The molecule has 1 aromatic heterocycles. The lowest BCUT2D eigenvalue weighted by molar-refractivity contribution is 0.803. The van der Waals surface area contributed by atoms with Gasteiger partial charge in [0.1, 0.15) is 6.33 Å². The number of halogens is 1. The van der Waals surface area contributed by atoms with Crippen LogP contribution in [0.1, 0.15) is 5.56 Å². The number of nitrogens with zero attached hydrogens (tertiary/aromatic N) is 2. The number of benzene rings is 1. The van der Waals surface area contributed by atoms with Crippen molar-refractivity contribution in [2.75, 3.05) is 7.05 Å². The summed E-state index contributed by atoms with van der Waals surface area (Å²) in [5.41, 5.74) is 1.18. The van der Waals surface area contributed by atoms with Crippen LogP contribution in [-0.4, -0.2) is 16.4 Å². The van der Waals surface area contributed by atoms with E-state index in [0.29, 0.717) is 0 Å². The minimum Gasteiger partial charge on any atom is -0.316 e. The third-order valence-electron chi connectivity index (χ3n) is 1.93. The van der Waals surface area contributed by atoms with Gasteiger partial charge in [0.25, 0.3) is 0 Å². The lowest BCUT2D eigenvalue weighted by atomic mass is 10.2. The zero-order valence-electron chi connectivity index (χ0n) is 8.61. The second kappa shape index (κ2) is 5.63. The van der Waals surface area contributed by atoms with Crippen molar-refractivity contribution in [3.63, 3.8) is 0 Å². The summed E-state index contributed by atoms with van der Waals surface area (Å²) in [4.78, 5) is 5.31. The summed E-state index contributed by atoms with van der Waals surface area (Å²) in [6.07, 6.45) is 1.57. The largest absolute Gasteiger partial charge is 0.316 e. The molecule has 0 atom stereocenters. The van der Waals surface area contributed by atoms with Crippen molar-refractivity contribution in [2.24, 2.45) is 0 Å². The predicted octanol–water partition coefficient (Wildman–Crippen LogP) is 3.06. The molecule has 0 fully saturated rings. The maximum absolute atomic E-state index is 5.97. The molecule has 0 unspecified atom stereocenters. The molecule has 0 aliphatic rings. The molecule has 1 aromatic carbocycles. The van der Waals surface area contributed by atoms with Crippen molar-refractivity contribution in [3.8, 4) is 0 Å². The van der Waals surface area contributed by atoms with Gasteiger partial charge in [0.2, 0.25) is 0 Å². The minimum absolute atomic E-state index is 0.756. The van der Waals surface area contributed by atoms with Crippen molar-refractivity contribution in [1.29, 1.82) is 0 Å². The van der Waals surface area contributed by atoms with Crippen LogP contribution in [0.3, 0.4) is 0 Å². The molecule has 0 spiro atoms. The topological polar surface area (TPSA) is 37.8 Å². The van der Waals surface area contributed by atoms with Gasteiger partial charge in [0.15, 0.2) is 4.34 Å². The summed E-state index contributed by atoms with van der Waals surface area (Å²) in [6.45, 7) is 0.793. The van der Waals surface area contributed by atoms with Crippen LogP contribution >= 0.6 is 34.9 Å². The zero-order chi connectivity index (χ0) is 11.4. The van der Waals surface area contributed by atoms with E-state index in [-0.39, 0.29) is 0 Å². The average Bonchev–Trinajstić information content (AvgIpc) is 2.75. The Bertz CT molecular complexity index is 459. The van der Waals surface area contributed by atoms with Gasteiger partial charge in [0.05, 0.1) is 0 Å². The Morgan fingerprint density at radius 2 is 2.38 bits per heavy atom. The molecule has 16 heavy (non-hydrogen) atoms. The van der Waals surface area contributed by atoms with Crippen LogP contribution in [-0.2, 0) is 6.54 Å². The van der Waals surface area contributed by atoms with E-state index in [2.05, 4.69) is 14.7 Å². The molecule has 0 amide bonds. The molecule has 84 valence electrons. The summed E-state index contributed by atoms with van der Waals surface area (Å²) in [7, 11) is 1.92. The van der Waals surface area contributed by atoms with Crippen LogP contribution in [0.25, 0.3) is 0 Å². The van der Waals surface area contributed by atoms with Crippen LogP contribution in [0, 0.1) is 0 Å². The predicted molar refractivity (Wildman–Crippen MR) is 68.2 cm³/mol. The number of nitrogens with one attached hydrogen (secondary N) is 1. The maximum Gasteiger partial charge on any atom is 0.174 e. The zero-order valence-corrected chi connectivity index (χ0v) is 11.0. The number of hydrogen-bond acceptors (Lipinski definition) is 5. The Morgan fingerprint density at radius 1 is 1.50 bits per heavy atom. The van der Waals surface area contributed by atoms with E-state index >= 15 is 0 Å². The van der Waals surface area contributed by atoms with Gasteiger partial charge in [-0.25, -0.2) is 4.98 Å². The second-order valence-electron chi connectivity index (χ2n) is 3.09. The molecule has 0 saturated heterocycles. The standard InChI is InChI=1S/C10H10ClN3S2/c1-12-5-7-4-8(11)2-3-9(7)15-10-13-6-14-16-10/h2-4,6,12H,5H2,1H3. The van der Waals surface area contributed by atoms with Gasteiger partial charge in [-0.3, -0.25) is 0 Å². The lowest BCUT2D eigenvalue weighted by Crippen LogP contribution is -2.06. The molecule has 1 N–H and O–H groups in total. The molecule has 2 rings (SSSR count). The normalized spacial score (nSPS) is 10.6. The summed E-state index contributed by atoms with van der Waals surface area (Å²) >= 11 is 8.99. The van der Waals surface area contributed by atoms with Crippen molar-refractivity contribution >= 4 is 34.9 Å². The highest BCUT2D eigenvalue weighted by atomic mass is 35.5. The molecule has 1 heterocycles. The Morgan fingerprint density at radius 3 is 3.06 bits per heavy atom. The monoisotopic (exact) mass is 271 g/mol. The molecule has 0 bridgehead atoms. The molecular weight excluding hydrogens is 262 g/mol. The highest BCUT2D eigenvalue weighted by molar-refractivity contribution is 8.01. The van der Waals surface area contributed by atoms with Crippen LogP contribution in [0.2, 0.25) is 5.02 Å². The maximum atomic E-state index is 5.97. The fraction of sp³-hybridized carbons (Fsp3) is 0.200. The summed E-state index contributed by atoms with van der Waals surface area (Å²) in [6, 6.07) is 5.88. The molecule has 0 saturated carbocycles. The van der Waals surface area contributed by atoms with E-state index in [1.807, 2.05) is 25.2 Å². The lowest BCUT2D eigenvalue weighted by Gasteiger charge is -2.07. The van der Waals surface area contributed by atoms with E-state index in [9.17, 15) is 0 Å². The number of aromatic nitrogens is 2. The smallest absolute Gasteiger partial charge is 0.174 e. The molecule has 0 aliphatic heterocycles. The second-order valence-corrected chi connectivity index (χ2v) is 5.60. The molecule has 0 aliphatic carbocycles. The Labute approximate surface area is 107 Å². The van der Waals surface area contributed by atoms with E-state index in [1.54, 1.807) is 18.1 Å². The first-order chi connectivity index (χ1) is 7.79. The molecule has 3 nitrogen and oxygen atoms in total. The van der Waals surface area contributed by atoms with Crippen molar-refractivity contribution in [3.05, 3.63) is 35.1 Å². The SMILES string of the molecule is CNCc1cc(Cl)ccc1Sc1ncns1. The van der Waals surface area contributed by atoms with Gasteiger partial charge in [-0.05, 0) is 42.3 Å². The molecule has 2 aromatic rings. The fourth-order valence-corrected chi connectivity index (χ4v) is 2.99. The van der Waals surface area contributed by atoms with Crippen LogP contribution < -0.4 is 5.32 Å². The van der Waals surface area contributed by atoms with E-state index in [1.165, 1.54) is 17.1 Å². The fourth-order valence-electron chi connectivity index (χ4n) is 1.28. The van der Waals surface area contributed by atoms with Crippen LogP contribution in [0.15, 0.2) is 33.8 Å². The average molecular weight is 272 g/mol.